The highest BCUT2D eigenvalue weighted by molar-refractivity contribution is 6.08. The molecule has 1 aromatic rings. The number of amidine groups is 1. The van der Waals surface area contributed by atoms with Crippen molar-refractivity contribution in [3.63, 3.8) is 0 Å². The standard InChI is InChI=1S/C14H16N2O/c1-2-12-14(17)16-13(15-12)11-8-7-9-5-3-4-6-10(9)11/h3-6,11-12H,2,7-8H2,1H3,(H,15,16,17). The summed E-state index contributed by atoms with van der Waals surface area (Å²) in [6, 6.07) is 8.29. The molecular formula is C14H16N2O. The molecule has 0 aromatic heterocycles. The molecule has 17 heavy (non-hydrogen) atoms. The minimum atomic E-state index is -0.169. The average Bonchev–Trinajstić information content (AvgIpc) is 2.92. The van der Waals surface area contributed by atoms with Gasteiger partial charge in [0.1, 0.15) is 11.9 Å². The van der Waals surface area contributed by atoms with Crippen molar-refractivity contribution < 1.29 is 4.79 Å². The summed E-state index contributed by atoms with van der Waals surface area (Å²) in [4.78, 5) is 16.2. The normalized spacial score (nSPS) is 26.6. The van der Waals surface area contributed by atoms with E-state index in [1.807, 2.05) is 6.92 Å². The number of aliphatic imine (C=N–C) groups is 1. The lowest BCUT2D eigenvalue weighted by Crippen LogP contribution is -2.31. The maximum absolute atomic E-state index is 11.7. The Balaban J connectivity index is 1.91. The molecule has 1 aromatic carbocycles. The minimum absolute atomic E-state index is 0.0619. The number of hydrogen-bond donors (Lipinski definition) is 1. The second kappa shape index (κ2) is 3.99. The van der Waals surface area contributed by atoms with Crippen LogP contribution < -0.4 is 5.32 Å². The third-order valence-corrected chi connectivity index (χ3v) is 3.70. The van der Waals surface area contributed by atoms with Crippen LogP contribution in [0.1, 0.15) is 36.8 Å². The maximum atomic E-state index is 11.7. The molecule has 2 aliphatic rings. The van der Waals surface area contributed by atoms with Crippen molar-refractivity contribution in [2.45, 2.75) is 38.1 Å². The summed E-state index contributed by atoms with van der Waals surface area (Å²) < 4.78 is 0. The second-order valence-corrected chi connectivity index (χ2v) is 4.72. The topological polar surface area (TPSA) is 41.5 Å². The van der Waals surface area contributed by atoms with Gasteiger partial charge in [0.15, 0.2) is 0 Å². The van der Waals surface area contributed by atoms with Crippen molar-refractivity contribution in [3.05, 3.63) is 35.4 Å². The van der Waals surface area contributed by atoms with Crippen LogP contribution in [0.5, 0.6) is 0 Å². The molecule has 1 heterocycles. The summed E-state index contributed by atoms with van der Waals surface area (Å²) in [5.41, 5.74) is 2.73. The number of fused-ring (bicyclic) bond motifs is 1. The summed E-state index contributed by atoms with van der Waals surface area (Å²) in [6.07, 6.45) is 2.94. The van der Waals surface area contributed by atoms with E-state index < -0.39 is 0 Å². The van der Waals surface area contributed by atoms with Gasteiger partial charge in [-0.1, -0.05) is 31.2 Å². The van der Waals surface area contributed by atoms with Gasteiger partial charge in [-0.05, 0) is 30.4 Å². The first-order valence-corrected chi connectivity index (χ1v) is 6.26. The summed E-state index contributed by atoms with van der Waals surface area (Å²) in [5, 5.41) is 2.95. The van der Waals surface area contributed by atoms with Crippen LogP contribution >= 0.6 is 0 Å². The van der Waals surface area contributed by atoms with Crippen LogP contribution in [0.4, 0.5) is 0 Å². The number of hydrogen-bond acceptors (Lipinski definition) is 2. The van der Waals surface area contributed by atoms with Gasteiger partial charge >= 0.3 is 0 Å². The fourth-order valence-electron chi connectivity index (χ4n) is 2.76. The third kappa shape index (κ3) is 1.66. The van der Waals surface area contributed by atoms with Gasteiger partial charge in [0.25, 0.3) is 0 Å². The van der Waals surface area contributed by atoms with Crippen molar-refractivity contribution in [1.29, 1.82) is 0 Å². The van der Waals surface area contributed by atoms with Gasteiger partial charge in [-0.15, -0.1) is 0 Å². The van der Waals surface area contributed by atoms with E-state index in [1.54, 1.807) is 0 Å². The summed E-state index contributed by atoms with van der Waals surface area (Å²) in [7, 11) is 0. The average molecular weight is 228 g/mol. The molecule has 3 nitrogen and oxygen atoms in total. The molecule has 88 valence electrons. The Bertz CT molecular complexity index is 493. The molecular weight excluding hydrogens is 212 g/mol. The molecule has 1 amide bonds. The molecule has 0 saturated carbocycles. The molecule has 0 bridgehead atoms. The van der Waals surface area contributed by atoms with Gasteiger partial charge in [-0.25, -0.2) is 0 Å². The molecule has 0 spiro atoms. The Hall–Kier alpha value is -1.64. The maximum Gasteiger partial charge on any atom is 0.250 e. The lowest BCUT2D eigenvalue weighted by atomic mass is 10.0. The van der Waals surface area contributed by atoms with Crippen LogP contribution in [0.25, 0.3) is 0 Å². The number of aryl methyl sites for hydroxylation is 1. The van der Waals surface area contributed by atoms with E-state index in [0.717, 1.165) is 25.1 Å². The molecule has 2 unspecified atom stereocenters. The largest absolute Gasteiger partial charge is 0.312 e. The van der Waals surface area contributed by atoms with Crippen LogP contribution in [0.2, 0.25) is 0 Å². The Kier molecular flexibility index (Phi) is 2.46. The van der Waals surface area contributed by atoms with Gasteiger partial charge in [0.05, 0.1) is 0 Å². The van der Waals surface area contributed by atoms with Gasteiger partial charge in [-0.3, -0.25) is 9.79 Å². The van der Waals surface area contributed by atoms with E-state index in [4.69, 9.17) is 0 Å². The Labute approximate surface area is 101 Å². The van der Waals surface area contributed by atoms with E-state index >= 15 is 0 Å². The zero-order valence-corrected chi connectivity index (χ0v) is 9.94. The van der Waals surface area contributed by atoms with Crippen LogP contribution in [0, 0.1) is 0 Å². The second-order valence-electron chi connectivity index (χ2n) is 4.72. The molecule has 0 fully saturated rings. The number of nitrogens with zero attached hydrogens (tertiary/aromatic N) is 1. The quantitative estimate of drug-likeness (QED) is 0.826. The van der Waals surface area contributed by atoms with Crippen LogP contribution in [-0.2, 0) is 11.2 Å². The van der Waals surface area contributed by atoms with Crippen LogP contribution in [0.15, 0.2) is 29.3 Å². The van der Waals surface area contributed by atoms with Crippen molar-refractivity contribution in [2.75, 3.05) is 0 Å². The van der Waals surface area contributed by atoms with E-state index in [0.29, 0.717) is 5.92 Å². The monoisotopic (exact) mass is 228 g/mol. The molecule has 0 radical (unpaired) electrons. The van der Waals surface area contributed by atoms with Crippen LogP contribution in [0.3, 0.4) is 0 Å². The first-order chi connectivity index (χ1) is 8.29. The highest BCUT2D eigenvalue weighted by Crippen LogP contribution is 2.34. The first kappa shape index (κ1) is 10.5. The van der Waals surface area contributed by atoms with Gasteiger partial charge in [0.2, 0.25) is 5.91 Å². The highest BCUT2D eigenvalue weighted by atomic mass is 16.2. The molecule has 0 saturated heterocycles. The van der Waals surface area contributed by atoms with E-state index in [1.165, 1.54) is 11.1 Å². The number of benzene rings is 1. The number of amides is 1. The summed E-state index contributed by atoms with van der Waals surface area (Å²) >= 11 is 0. The summed E-state index contributed by atoms with van der Waals surface area (Å²) in [6.45, 7) is 2.00. The highest BCUT2D eigenvalue weighted by Gasteiger charge is 2.33. The van der Waals surface area contributed by atoms with Crippen molar-refractivity contribution in [3.8, 4) is 0 Å². The zero-order valence-electron chi connectivity index (χ0n) is 9.94. The van der Waals surface area contributed by atoms with Gasteiger partial charge in [0, 0.05) is 5.92 Å². The number of carbonyl (C=O) groups excluding carboxylic acids is 1. The molecule has 3 heteroatoms. The van der Waals surface area contributed by atoms with E-state index in [-0.39, 0.29) is 11.9 Å². The van der Waals surface area contributed by atoms with Gasteiger partial charge < -0.3 is 5.32 Å². The molecule has 1 aliphatic heterocycles. The lowest BCUT2D eigenvalue weighted by Gasteiger charge is -2.10. The smallest absolute Gasteiger partial charge is 0.250 e. The first-order valence-electron chi connectivity index (χ1n) is 6.26. The van der Waals surface area contributed by atoms with Crippen molar-refractivity contribution >= 4 is 11.7 Å². The Morgan fingerprint density at radius 2 is 2.24 bits per heavy atom. The van der Waals surface area contributed by atoms with Gasteiger partial charge in [-0.2, -0.15) is 0 Å². The molecule has 1 aliphatic carbocycles. The number of nitrogens with one attached hydrogen (secondary N) is 1. The Morgan fingerprint density at radius 3 is 3.00 bits per heavy atom. The number of rotatable bonds is 2. The minimum Gasteiger partial charge on any atom is -0.312 e. The third-order valence-electron chi connectivity index (χ3n) is 3.70. The Morgan fingerprint density at radius 1 is 1.41 bits per heavy atom. The summed E-state index contributed by atoms with van der Waals surface area (Å²) in [5.74, 6) is 1.24. The fraction of sp³-hybridized carbons (Fsp3) is 0.429. The van der Waals surface area contributed by atoms with Crippen LogP contribution in [-0.4, -0.2) is 17.8 Å². The SMILES string of the molecule is CCC1N=C(C2CCc3ccccc32)NC1=O. The van der Waals surface area contributed by atoms with E-state index in [9.17, 15) is 4.79 Å². The van der Waals surface area contributed by atoms with Crippen molar-refractivity contribution in [1.82, 2.24) is 5.32 Å². The predicted molar refractivity (Wildman–Crippen MR) is 67.2 cm³/mol. The molecule has 1 N–H and O–H groups in total. The molecule has 2 atom stereocenters. The lowest BCUT2D eigenvalue weighted by molar-refractivity contribution is -0.120. The van der Waals surface area contributed by atoms with Crippen molar-refractivity contribution in [2.24, 2.45) is 4.99 Å². The number of carbonyl (C=O) groups is 1. The zero-order chi connectivity index (χ0) is 11.8. The predicted octanol–water partition coefficient (Wildman–Crippen LogP) is 2.02. The van der Waals surface area contributed by atoms with E-state index in [2.05, 4.69) is 34.6 Å². The molecule has 3 rings (SSSR count). The fourth-order valence-corrected chi connectivity index (χ4v) is 2.76.